The van der Waals surface area contributed by atoms with Crippen molar-refractivity contribution >= 4 is 43.5 Å². The quantitative estimate of drug-likeness (QED) is 0.471. The van der Waals surface area contributed by atoms with E-state index in [-0.39, 0.29) is 0 Å². The lowest BCUT2D eigenvalue weighted by Crippen LogP contribution is -2.05. The highest BCUT2D eigenvalue weighted by molar-refractivity contribution is 9.10. The summed E-state index contributed by atoms with van der Waals surface area (Å²) in [5.41, 5.74) is 0. The average molecular weight is 290 g/mol. The maximum atomic E-state index is 6.03. The molecular formula is C7H11Br2Cl. The summed E-state index contributed by atoms with van der Waals surface area (Å²) in [5.74, 6) is 0. The molecule has 60 valence electrons. The number of hydrogen-bond donors (Lipinski definition) is 0. The van der Waals surface area contributed by atoms with E-state index in [9.17, 15) is 0 Å². The highest BCUT2D eigenvalue weighted by atomic mass is 79.9. The van der Waals surface area contributed by atoms with Crippen LogP contribution in [0.3, 0.4) is 0 Å². The third kappa shape index (κ3) is 3.10. The fourth-order valence-corrected chi connectivity index (χ4v) is 3.92. The molecule has 1 rings (SSSR count). The third-order valence-corrected chi connectivity index (χ3v) is 3.79. The van der Waals surface area contributed by atoms with Crippen molar-refractivity contribution in [2.45, 2.75) is 40.7 Å². The molecule has 1 aliphatic carbocycles. The van der Waals surface area contributed by atoms with Gasteiger partial charge >= 0.3 is 0 Å². The van der Waals surface area contributed by atoms with Crippen molar-refractivity contribution in [3.8, 4) is 0 Å². The highest BCUT2D eigenvalue weighted by Gasteiger charge is 2.20. The summed E-state index contributed by atoms with van der Waals surface area (Å²) < 4.78 is 0. The summed E-state index contributed by atoms with van der Waals surface area (Å²) in [6.45, 7) is 0. The van der Waals surface area contributed by atoms with Crippen LogP contribution in [0, 0.1) is 0 Å². The minimum absolute atomic E-state index is 0.381. The van der Waals surface area contributed by atoms with Crippen LogP contribution in [0.15, 0.2) is 0 Å². The van der Waals surface area contributed by atoms with Gasteiger partial charge in [-0.3, -0.25) is 0 Å². The molecule has 0 spiro atoms. The predicted octanol–water partition coefficient (Wildman–Crippen LogP) is 3.69. The second-order valence-electron chi connectivity index (χ2n) is 2.84. The second kappa shape index (κ2) is 4.32. The molecule has 1 aliphatic rings. The largest absolute Gasteiger partial charge is 0.123 e. The first-order valence-electron chi connectivity index (χ1n) is 3.60. The van der Waals surface area contributed by atoms with Crippen molar-refractivity contribution in [3.63, 3.8) is 0 Å². The predicted molar refractivity (Wildman–Crippen MR) is 53.5 cm³/mol. The minimum Gasteiger partial charge on any atom is -0.123 e. The van der Waals surface area contributed by atoms with Gasteiger partial charge in [-0.15, -0.1) is 11.6 Å². The van der Waals surface area contributed by atoms with E-state index in [4.69, 9.17) is 11.6 Å². The Labute approximate surface area is 84.0 Å². The molecule has 0 aromatic carbocycles. The lowest BCUT2D eigenvalue weighted by Gasteiger charge is -2.07. The Morgan fingerprint density at radius 3 is 2.40 bits per heavy atom. The van der Waals surface area contributed by atoms with Crippen molar-refractivity contribution in [2.75, 3.05) is 0 Å². The summed E-state index contributed by atoms with van der Waals surface area (Å²) in [6, 6.07) is 0. The summed E-state index contributed by atoms with van der Waals surface area (Å²) in [5, 5.41) is 0.381. The standard InChI is InChI=1S/C7H11Br2Cl/c8-5-1-2-7(10)4-6(9)3-5/h5-7H,1-4H2. The molecule has 0 saturated heterocycles. The molecule has 0 aliphatic heterocycles. The Morgan fingerprint density at radius 2 is 1.70 bits per heavy atom. The van der Waals surface area contributed by atoms with Crippen LogP contribution >= 0.6 is 43.5 Å². The zero-order valence-corrected chi connectivity index (χ0v) is 9.62. The Bertz CT molecular complexity index is 95.8. The van der Waals surface area contributed by atoms with E-state index in [1.54, 1.807) is 0 Å². The Hall–Kier alpha value is 1.25. The van der Waals surface area contributed by atoms with Gasteiger partial charge in [0.2, 0.25) is 0 Å². The third-order valence-electron chi connectivity index (χ3n) is 1.82. The molecule has 0 nitrogen and oxygen atoms in total. The molecule has 0 amide bonds. The maximum absolute atomic E-state index is 6.03. The van der Waals surface area contributed by atoms with Crippen LogP contribution in [0.4, 0.5) is 0 Å². The molecule has 10 heavy (non-hydrogen) atoms. The van der Waals surface area contributed by atoms with Crippen LogP contribution in [-0.2, 0) is 0 Å². The van der Waals surface area contributed by atoms with E-state index < -0.39 is 0 Å². The molecular weight excluding hydrogens is 279 g/mol. The summed E-state index contributed by atoms with van der Waals surface area (Å²) in [4.78, 5) is 1.28. The average Bonchev–Trinajstić information content (AvgIpc) is 1.93. The van der Waals surface area contributed by atoms with Crippen LogP contribution < -0.4 is 0 Å². The molecule has 0 N–H and O–H groups in total. The molecule has 0 heterocycles. The second-order valence-corrected chi connectivity index (χ2v) is 6.05. The van der Waals surface area contributed by atoms with Gasteiger partial charge in [-0.05, 0) is 25.7 Å². The minimum atomic E-state index is 0.381. The van der Waals surface area contributed by atoms with Gasteiger partial charge in [-0.1, -0.05) is 31.9 Å². The first kappa shape index (κ1) is 9.34. The fraction of sp³-hybridized carbons (Fsp3) is 1.00. The SMILES string of the molecule is ClC1CCC(Br)CC(Br)C1. The van der Waals surface area contributed by atoms with Crippen molar-refractivity contribution in [3.05, 3.63) is 0 Å². The number of hydrogen-bond acceptors (Lipinski definition) is 0. The van der Waals surface area contributed by atoms with Crippen LogP contribution in [0.25, 0.3) is 0 Å². The van der Waals surface area contributed by atoms with E-state index >= 15 is 0 Å². The van der Waals surface area contributed by atoms with Gasteiger partial charge in [0.05, 0.1) is 0 Å². The molecule has 0 bridgehead atoms. The van der Waals surface area contributed by atoms with E-state index in [2.05, 4.69) is 31.9 Å². The molecule has 1 saturated carbocycles. The number of halogens is 3. The van der Waals surface area contributed by atoms with Crippen LogP contribution in [-0.4, -0.2) is 15.0 Å². The summed E-state index contributed by atoms with van der Waals surface area (Å²) in [6.07, 6.45) is 4.70. The Kier molecular flexibility index (Phi) is 4.03. The molecule has 0 aromatic heterocycles. The molecule has 1 fully saturated rings. The van der Waals surface area contributed by atoms with Crippen molar-refractivity contribution in [1.82, 2.24) is 0 Å². The number of rotatable bonds is 0. The highest BCUT2D eigenvalue weighted by Crippen LogP contribution is 2.30. The van der Waals surface area contributed by atoms with Gasteiger partial charge in [0.15, 0.2) is 0 Å². The summed E-state index contributed by atoms with van der Waals surface area (Å²) >= 11 is 13.3. The number of alkyl halides is 3. The van der Waals surface area contributed by atoms with E-state index in [0.717, 1.165) is 12.8 Å². The van der Waals surface area contributed by atoms with Crippen LogP contribution in [0.1, 0.15) is 25.7 Å². The molecule has 3 unspecified atom stereocenters. The van der Waals surface area contributed by atoms with Crippen molar-refractivity contribution < 1.29 is 0 Å². The molecule has 0 radical (unpaired) electrons. The monoisotopic (exact) mass is 288 g/mol. The first-order chi connectivity index (χ1) is 4.68. The van der Waals surface area contributed by atoms with Crippen molar-refractivity contribution in [2.24, 2.45) is 0 Å². The fourth-order valence-electron chi connectivity index (χ4n) is 1.25. The lowest BCUT2D eigenvalue weighted by molar-refractivity contribution is 0.722. The van der Waals surface area contributed by atoms with Crippen molar-refractivity contribution in [1.29, 1.82) is 0 Å². The van der Waals surface area contributed by atoms with Gasteiger partial charge in [0.25, 0.3) is 0 Å². The van der Waals surface area contributed by atoms with E-state index in [1.165, 1.54) is 12.8 Å². The zero-order chi connectivity index (χ0) is 7.56. The first-order valence-corrected chi connectivity index (χ1v) is 5.87. The molecule has 3 atom stereocenters. The van der Waals surface area contributed by atoms with Gasteiger partial charge in [-0.25, -0.2) is 0 Å². The van der Waals surface area contributed by atoms with Gasteiger partial charge in [0, 0.05) is 15.0 Å². The normalized spacial score (nSPS) is 42.9. The van der Waals surface area contributed by atoms with Crippen LogP contribution in [0.5, 0.6) is 0 Å². The summed E-state index contributed by atoms with van der Waals surface area (Å²) in [7, 11) is 0. The smallest absolute Gasteiger partial charge is 0.0347 e. The van der Waals surface area contributed by atoms with E-state index in [1.807, 2.05) is 0 Å². The van der Waals surface area contributed by atoms with Gasteiger partial charge in [-0.2, -0.15) is 0 Å². The Balaban J connectivity index is 2.38. The topological polar surface area (TPSA) is 0 Å². The molecule has 0 aromatic rings. The Morgan fingerprint density at radius 1 is 1.00 bits per heavy atom. The van der Waals surface area contributed by atoms with E-state index in [0.29, 0.717) is 15.0 Å². The maximum Gasteiger partial charge on any atom is 0.0347 e. The van der Waals surface area contributed by atoms with Gasteiger partial charge < -0.3 is 0 Å². The zero-order valence-electron chi connectivity index (χ0n) is 5.69. The van der Waals surface area contributed by atoms with Gasteiger partial charge in [0.1, 0.15) is 0 Å². The lowest BCUT2D eigenvalue weighted by atomic mass is 10.2. The van der Waals surface area contributed by atoms with Crippen LogP contribution in [0.2, 0.25) is 0 Å². The molecule has 3 heteroatoms.